The molecule has 0 fully saturated rings. The molecule has 0 saturated heterocycles. The maximum absolute atomic E-state index is 10.9. The van der Waals surface area contributed by atoms with E-state index >= 15 is 0 Å². The molecule has 3 nitrogen and oxygen atoms in total. The second-order valence-electron chi connectivity index (χ2n) is 4.56. The van der Waals surface area contributed by atoms with Crippen molar-refractivity contribution in [3.8, 4) is 0 Å². The van der Waals surface area contributed by atoms with E-state index in [1.54, 1.807) is 19.1 Å². The highest BCUT2D eigenvalue weighted by molar-refractivity contribution is 6.30. The van der Waals surface area contributed by atoms with Crippen LogP contribution in [-0.2, 0) is 15.1 Å². The summed E-state index contributed by atoms with van der Waals surface area (Å²) >= 11 is 5.81. The molecule has 1 rings (SSSR count). The van der Waals surface area contributed by atoms with E-state index in [9.17, 15) is 9.90 Å². The van der Waals surface area contributed by atoms with Gasteiger partial charge in [-0.3, -0.25) is 4.79 Å². The first-order chi connectivity index (χ1) is 8.45. The summed E-state index contributed by atoms with van der Waals surface area (Å²) < 4.78 is 4.56. The molecule has 1 atom stereocenters. The summed E-state index contributed by atoms with van der Waals surface area (Å²) in [7, 11) is 1.38. The predicted molar refractivity (Wildman–Crippen MR) is 71.5 cm³/mol. The Labute approximate surface area is 113 Å². The molecule has 0 amide bonds. The number of rotatable bonds is 6. The number of benzene rings is 1. The lowest BCUT2D eigenvalue weighted by Crippen LogP contribution is -2.20. The Kier molecular flexibility index (Phi) is 5.63. The number of hydrogen-bond donors (Lipinski definition) is 1. The van der Waals surface area contributed by atoms with Gasteiger partial charge in [0.25, 0.3) is 0 Å². The molecule has 1 unspecified atom stereocenters. The largest absolute Gasteiger partial charge is 0.469 e. The number of halogens is 1. The molecule has 0 radical (unpaired) electrons. The van der Waals surface area contributed by atoms with Crippen LogP contribution in [-0.4, -0.2) is 18.2 Å². The number of unbranched alkanes of at least 4 members (excludes halogenated alkanes) is 1. The number of ether oxygens (including phenoxy) is 1. The second kappa shape index (κ2) is 6.76. The van der Waals surface area contributed by atoms with Gasteiger partial charge >= 0.3 is 5.97 Å². The van der Waals surface area contributed by atoms with E-state index in [2.05, 4.69) is 4.74 Å². The first-order valence-electron chi connectivity index (χ1n) is 6.01. The number of hydrogen-bond acceptors (Lipinski definition) is 3. The van der Waals surface area contributed by atoms with Crippen molar-refractivity contribution in [3.63, 3.8) is 0 Å². The van der Waals surface area contributed by atoms with Crippen molar-refractivity contribution in [2.24, 2.45) is 0 Å². The minimum absolute atomic E-state index is 0.207. The third-order valence-electron chi connectivity index (χ3n) is 2.99. The third-order valence-corrected chi connectivity index (χ3v) is 3.24. The molecule has 0 aliphatic rings. The molecule has 18 heavy (non-hydrogen) atoms. The van der Waals surface area contributed by atoms with E-state index in [1.807, 2.05) is 12.1 Å². The van der Waals surface area contributed by atoms with Gasteiger partial charge in [0.15, 0.2) is 0 Å². The zero-order valence-corrected chi connectivity index (χ0v) is 11.5. The average Bonchev–Trinajstić information content (AvgIpc) is 2.35. The highest BCUT2D eigenvalue weighted by Crippen LogP contribution is 2.27. The van der Waals surface area contributed by atoms with Gasteiger partial charge < -0.3 is 9.84 Å². The Morgan fingerprint density at radius 3 is 2.50 bits per heavy atom. The van der Waals surface area contributed by atoms with Gasteiger partial charge in [-0.1, -0.05) is 23.7 Å². The van der Waals surface area contributed by atoms with Crippen molar-refractivity contribution in [1.29, 1.82) is 0 Å². The highest BCUT2D eigenvalue weighted by Gasteiger charge is 2.22. The zero-order chi connectivity index (χ0) is 13.6. The van der Waals surface area contributed by atoms with Gasteiger partial charge in [-0.15, -0.1) is 0 Å². The lowest BCUT2D eigenvalue weighted by molar-refractivity contribution is -0.140. The fourth-order valence-electron chi connectivity index (χ4n) is 1.79. The summed E-state index contributed by atoms with van der Waals surface area (Å²) in [5.41, 5.74) is -0.0503. The average molecular weight is 271 g/mol. The number of esters is 1. The van der Waals surface area contributed by atoms with Gasteiger partial charge in [-0.2, -0.15) is 0 Å². The van der Waals surface area contributed by atoms with E-state index in [1.165, 1.54) is 7.11 Å². The molecule has 4 heteroatoms. The fourth-order valence-corrected chi connectivity index (χ4v) is 1.92. The van der Waals surface area contributed by atoms with E-state index in [0.717, 1.165) is 18.4 Å². The van der Waals surface area contributed by atoms with Gasteiger partial charge in [-0.05, 0) is 43.9 Å². The smallest absolute Gasteiger partial charge is 0.305 e. The Hall–Kier alpha value is -1.06. The van der Waals surface area contributed by atoms with Gasteiger partial charge in [0.1, 0.15) is 0 Å². The summed E-state index contributed by atoms with van der Waals surface area (Å²) in [5, 5.41) is 11.0. The van der Waals surface area contributed by atoms with Crippen LogP contribution < -0.4 is 0 Å². The summed E-state index contributed by atoms with van der Waals surface area (Å²) in [6, 6.07) is 7.17. The van der Waals surface area contributed by atoms with E-state index in [-0.39, 0.29) is 5.97 Å². The second-order valence-corrected chi connectivity index (χ2v) is 5.00. The van der Waals surface area contributed by atoms with Gasteiger partial charge in [0, 0.05) is 11.4 Å². The van der Waals surface area contributed by atoms with Crippen LogP contribution in [0.5, 0.6) is 0 Å². The van der Waals surface area contributed by atoms with Crippen LogP contribution in [0.25, 0.3) is 0 Å². The predicted octanol–water partition coefficient (Wildman–Crippen LogP) is 3.28. The topological polar surface area (TPSA) is 46.5 Å². The van der Waals surface area contributed by atoms with Crippen molar-refractivity contribution < 1.29 is 14.6 Å². The van der Waals surface area contributed by atoms with Crippen LogP contribution in [0.1, 0.15) is 38.2 Å². The molecule has 0 saturated carbocycles. The summed E-state index contributed by atoms with van der Waals surface area (Å²) in [6.07, 6.45) is 2.49. The molecule has 0 aliphatic carbocycles. The van der Waals surface area contributed by atoms with Crippen molar-refractivity contribution in [2.45, 2.75) is 38.2 Å². The normalized spacial score (nSPS) is 14.0. The monoisotopic (exact) mass is 270 g/mol. The van der Waals surface area contributed by atoms with Crippen molar-refractivity contribution in [3.05, 3.63) is 34.9 Å². The molecule has 1 N–H and O–H groups in total. The highest BCUT2D eigenvalue weighted by atomic mass is 35.5. The lowest BCUT2D eigenvalue weighted by Gasteiger charge is -2.23. The van der Waals surface area contributed by atoms with Crippen LogP contribution in [0.3, 0.4) is 0 Å². The van der Waals surface area contributed by atoms with Crippen LogP contribution >= 0.6 is 11.6 Å². The third kappa shape index (κ3) is 4.67. The molecule has 0 aliphatic heterocycles. The van der Waals surface area contributed by atoms with Crippen LogP contribution in [0.2, 0.25) is 5.02 Å². The van der Waals surface area contributed by atoms with Crippen molar-refractivity contribution in [1.82, 2.24) is 0 Å². The van der Waals surface area contributed by atoms with Crippen molar-refractivity contribution >= 4 is 17.6 Å². The Bertz CT molecular complexity index is 385. The fraction of sp³-hybridized carbons (Fsp3) is 0.500. The quantitative estimate of drug-likeness (QED) is 0.637. The lowest BCUT2D eigenvalue weighted by atomic mass is 9.90. The number of carbonyl (C=O) groups excluding carboxylic acids is 1. The number of aliphatic hydroxyl groups is 1. The van der Waals surface area contributed by atoms with E-state index < -0.39 is 5.60 Å². The van der Waals surface area contributed by atoms with Gasteiger partial charge in [0.2, 0.25) is 0 Å². The summed E-state index contributed by atoms with van der Waals surface area (Å²) in [6.45, 7) is 1.77. The van der Waals surface area contributed by atoms with Gasteiger partial charge in [0.05, 0.1) is 12.7 Å². The van der Waals surface area contributed by atoms with Crippen LogP contribution in [0.15, 0.2) is 24.3 Å². The Morgan fingerprint density at radius 1 is 1.33 bits per heavy atom. The maximum atomic E-state index is 10.9. The Balaban J connectivity index is 2.44. The van der Waals surface area contributed by atoms with Crippen LogP contribution in [0.4, 0.5) is 0 Å². The molecule has 0 spiro atoms. The SMILES string of the molecule is COC(=O)CCCCC(C)(O)c1ccc(Cl)cc1. The molecule has 0 heterocycles. The number of methoxy groups -OCH3 is 1. The van der Waals surface area contributed by atoms with E-state index in [4.69, 9.17) is 11.6 Å². The molecule has 0 bridgehead atoms. The minimum Gasteiger partial charge on any atom is -0.469 e. The molecular weight excluding hydrogens is 252 g/mol. The maximum Gasteiger partial charge on any atom is 0.305 e. The molecule has 1 aromatic carbocycles. The van der Waals surface area contributed by atoms with Crippen LogP contribution in [0, 0.1) is 0 Å². The number of carbonyl (C=O) groups is 1. The molecule has 0 aromatic heterocycles. The van der Waals surface area contributed by atoms with E-state index in [0.29, 0.717) is 17.9 Å². The molecule has 100 valence electrons. The molecular formula is C14H19ClO3. The minimum atomic E-state index is -0.888. The first-order valence-corrected chi connectivity index (χ1v) is 6.39. The Morgan fingerprint density at radius 2 is 1.94 bits per heavy atom. The molecule has 1 aromatic rings. The first kappa shape index (κ1) is 15.0. The summed E-state index contributed by atoms with van der Waals surface area (Å²) in [4.78, 5) is 10.9. The summed E-state index contributed by atoms with van der Waals surface area (Å²) in [5.74, 6) is -0.207. The van der Waals surface area contributed by atoms with Crippen molar-refractivity contribution in [2.75, 3.05) is 7.11 Å². The van der Waals surface area contributed by atoms with Gasteiger partial charge in [-0.25, -0.2) is 0 Å². The zero-order valence-electron chi connectivity index (χ0n) is 10.8. The standard InChI is InChI=1S/C14H19ClO3/c1-14(17,10-4-3-5-13(16)18-2)11-6-8-12(15)9-7-11/h6-9,17H,3-5,10H2,1-2H3.